The van der Waals surface area contributed by atoms with Crippen LogP contribution in [-0.4, -0.2) is 41.1 Å². The predicted molar refractivity (Wildman–Crippen MR) is 75.5 cm³/mol. The zero-order valence-corrected chi connectivity index (χ0v) is 12.3. The SMILES string of the molecule is CN(CCc1cccs1)C(=O)NC(C)(C)CC(=O)O. The third-order valence-corrected chi connectivity index (χ3v) is 3.60. The van der Waals surface area contributed by atoms with Crippen LogP contribution in [0.2, 0.25) is 0 Å². The van der Waals surface area contributed by atoms with Crippen molar-refractivity contribution in [2.24, 2.45) is 0 Å². The van der Waals surface area contributed by atoms with E-state index in [4.69, 9.17) is 5.11 Å². The smallest absolute Gasteiger partial charge is 0.317 e. The molecule has 0 bridgehead atoms. The lowest BCUT2D eigenvalue weighted by molar-refractivity contribution is -0.138. The highest BCUT2D eigenvalue weighted by Gasteiger charge is 2.25. The van der Waals surface area contributed by atoms with Gasteiger partial charge in [-0.2, -0.15) is 0 Å². The summed E-state index contributed by atoms with van der Waals surface area (Å²) >= 11 is 1.66. The molecule has 0 aliphatic heterocycles. The van der Waals surface area contributed by atoms with Gasteiger partial charge in [0, 0.05) is 24.0 Å². The maximum Gasteiger partial charge on any atom is 0.317 e. The maximum atomic E-state index is 11.9. The number of nitrogens with zero attached hydrogens (tertiary/aromatic N) is 1. The van der Waals surface area contributed by atoms with E-state index in [-0.39, 0.29) is 12.5 Å². The second-order valence-electron chi connectivity index (χ2n) is 5.14. The Kier molecular flexibility index (Phi) is 5.35. The Balaban J connectivity index is 2.41. The number of nitrogens with one attached hydrogen (secondary N) is 1. The summed E-state index contributed by atoms with van der Waals surface area (Å²) in [6, 6.07) is 3.77. The molecule has 1 rings (SSSR count). The van der Waals surface area contributed by atoms with Crippen LogP contribution in [0.25, 0.3) is 0 Å². The Morgan fingerprint density at radius 1 is 1.47 bits per heavy atom. The van der Waals surface area contributed by atoms with Gasteiger partial charge in [-0.05, 0) is 31.7 Å². The second kappa shape index (κ2) is 6.56. The van der Waals surface area contributed by atoms with Crippen molar-refractivity contribution >= 4 is 23.3 Å². The molecule has 1 aromatic heterocycles. The number of urea groups is 1. The molecule has 0 saturated heterocycles. The minimum atomic E-state index is -0.925. The second-order valence-corrected chi connectivity index (χ2v) is 6.17. The predicted octanol–water partition coefficient (Wildman–Crippen LogP) is 2.19. The van der Waals surface area contributed by atoms with E-state index in [1.165, 1.54) is 4.88 Å². The van der Waals surface area contributed by atoms with E-state index in [0.29, 0.717) is 6.54 Å². The Morgan fingerprint density at radius 3 is 2.68 bits per heavy atom. The van der Waals surface area contributed by atoms with Gasteiger partial charge in [-0.3, -0.25) is 4.79 Å². The van der Waals surface area contributed by atoms with Crippen molar-refractivity contribution in [3.8, 4) is 0 Å². The zero-order valence-electron chi connectivity index (χ0n) is 11.5. The van der Waals surface area contributed by atoms with Crippen molar-refractivity contribution in [3.63, 3.8) is 0 Å². The van der Waals surface area contributed by atoms with Crippen LogP contribution in [0.1, 0.15) is 25.1 Å². The van der Waals surface area contributed by atoms with Crippen LogP contribution in [0.5, 0.6) is 0 Å². The Hall–Kier alpha value is -1.56. The number of aliphatic carboxylic acids is 1. The minimum Gasteiger partial charge on any atom is -0.481 e. The molecule has 0 spiro atoms. The molecule has 1 aromatic rings. The highest BCUT2D eigenvalue weighted by atomic mass is 32.1. The average Bonchev–Trinajstić information content (AvgIpc) is 2.75. The molecule has 0 aliphatic rings. The number of rotatable bonds is 6. The molecular weight excluding hydrogens is 264 g/mol. The summed E-state index contributed by atoms with van der Waals surface area (Å²) in [5.74, 6) is -0.925. The van der Waals surface area contributed by atoms with E-state index >= 15 is 0 Å². The summed E-state index contributed by atoms with van der Waals surface area (Å²) in [4.78, 5) is 25.4. The van der Waals surface area contributed by atoms with E-state index in [0.717, 1.165) is 6.42 Å². The number of carbonyl (C=O) groups is 2. The van der Waals surface area contributed by atoms with Gasteiger partial charge in [0.15, 0.2) is 0 Å². The van der Waals surface area contributed by atoms with Crippen LogP contribution in [0.3, 0.4) is 0 Å². The van der Waals surface area contributed by atoms with Crippen molar-refractivity contribution in [1.82, 2.24) is 10.2 Å². The third kappa shape index (κ3) is 5.74. The number of likely N-dealkylation sites (N-methyl/N-ethyl adjacent to an activating group) is 1. The largest absolute Gasteiger partial charge is 0.481 e. The standard InChI is InChI=1S/C13H20N2O3S/c1-13(2,9-11(16)17)14-12(18)15(3)7-6-10-5-4-8-19-10/h4-5,8H,6-7,9H2,1-3H3,(H,14,18)(H,16,17). The van der Waals surface area contributed by atoms with E-state index in [9.17, 15) is 9.59 Å². The van der Waals surface area contributed by atoms with E-state index in [1.807, 2.05) is 17.5 Å². The zero-order chi connectivity index (χ0) is 14.5. The normalized spacial score (nSPS) is 11.1. The molecule has 1 heterocycles. The molecule has 0 radical (unpaired) electrons. The molecule has 6 heteroatoms. The van der Waals surface area contributed by atoms with Crippen molar-refractivity contribution in [3.05, 3.63) is 22.4 Å². The Morgan fingerprint density at radius 2 is 2.16 bits per heavy atom. The lowest BCUT2D eigenvalue weighted by Crippen LogP contribution is -2.50. The molecule has 106 valence electrons. The van der Waals surface area contributed by atoms with Gasteiger partial charge in [0.2, 0.25) is 0 Å². The molecular formula is C13H20N2O3S. The van der Waals surface area contributed by atoms with Crippen molar-refractivity contribution < 1.29 is 14.7 Å². The highest BCUT2D eigenvalue weighted by molar-refractivity contribution is 7.09. The number of hydrogen-bond donors (Lipinski definition) is 2. The molecule has 0 aliphatic carbocycles. The fraction of sp³-hybridized carbons (Fsp3) is 0.538. The summed E-state index contributed by atoms with van der Waals surface area (Å²) in [6.45, 7) is 4.01. The van der Waals surface area contributed by atoms with E-state index in [2.05, 4.69) is 5.32 Å². The topological polar surface area (TPSA) is 69.6 Å². The lowest BCUT2D eigenvalue weighted by Gasteiger charge is -2.28. The monoisotopic (exact) mass is 284 g/mol. The van der Waals surface area contributed by atoms with Gasteiger partial charge in [0.25, 0.3) is 0 Å². The van der Waals surface area contributed by atoms with Gasteiger partial charge < -0.3 is 15.3 Å². The van der Waals surface area contributed by atoms with Crippen LogP contribution < -0.4 is 5.32 Å². The fourth-order valence-electron chi connectivity index (χ4n) is 1.64. The minimum absolute atomic E-state index is 0.0997. The number of carbonyl (C=O) groups excluding carboxylic acids is 1. The number of hydrogen-bond acceptors (Lipinski definition) is 3. The number of thiophene rings is 1. The van der Waals surface area contributed by atoms with Crippen LogP contribution in [0.15, 0.2) is 17.5 Å². The summed E-state index contributed by atoms with van der Waals surface area (Å²) in [5.41, 5.74) is -0.750. The molecule has 5 nitrogen and oxygen atoms in total. The molecule has 0 aromatic carbocycles. The first-order valence-electron chi connectivity index (χ1n) is 6.07. The van der Waals surface area contributed by atoms with E-state index < -0.39 is 11.5 Å². The fourth-order valence-corrected chi connectivity index (χ4v) is 2.34. The number of amides is 2. The first-order chi connectivity index (χ1) is 8.80. The molecule has 2 amide bonds. The van der Waals surface area contributed by atoms with Gasteiger partial charge in [0.05, 0.1) is 6.42 Å². The summed E-state index contributed by atoms with van der Waals surface area (Å²) in [7, 11) is 1.71. The number of carboxylic acids is 1. The highest BCUT2D eigenvalue weighted by Crippen LogP contribution is 2.11. The molecule has 2 N–H and O–H groups in total. The van der Waals surface area contributed by atoms with E-state index in [1.54, 1.807) is 37.1 Å². The molecule has 0 atom stereocenters. The Labute approximate surface area is 117 Å². The van der Waals surface area contributed by atoms with Gasteiger partial charge in [-0.25, -0.2) is 4.79 Å². The van der Waals surface area contributed by atoms with Crippen LogP contribution in [-0.2, 0) is 11.2 Å². The van der Waals surface area contributed by atoms with Gasteiger partial charge in [0.1, 0.15) is 0 Å². The summed E-state index contributed by atoms with van der Waals surface area (Å²) in [6.07, 6.45) is 0.707. The van der Waals surface area contributed by atoms with Gasteiger partial charge >= 0.3 is 12.0 Å². The quantitative estimate of drug-likeness (QED) is 0.841. The average molecular weight is 284 g/mol. The third-order valence-electron chi connectivity index (χ3n) is 2.66. The molecule has 0 fully saturated rings. The van der Waals surface area contributed by atoms with Crippen LogP contribution in [0.4, 0.5) is 4.79 Å². The summed E-state index contributed by atoms with van der Waals surface area (Å²) < 4.78 is 0. The summed E-state index contributed by atoms with van der Waals surface area (Å²) in [5, 5.41) is 13.5. The van der Waals surface area contributed by atoms with Crippen molar-refractivity contribution in [1.29, 1.82) is 0 Å². The maximum absolute atomic E-state index is 11.9. The number of carboxylic acid groups (broad SMARTS) is 1. The van der Waals surface area contributed by atoms with Crippen molar-refractivity contribution in [2.75, 3.05) is 13.6 Å². The van der Waals surface area contributed by atoms with Crippen LogP contribution in [0, 0.1) is 0 Å². The van der Waals surface area contributed by atoms with Crippen LogP contribution >= 0.6 is 11.3 Å². The molecule has 19 heavy (non-hydrogen) atoms. The molecule has 0 unspecified atom stereocenters. The van der Waals surface area contributed by atoms with Gasteiger partial charge in [-0.15, -0.1) is 11.3 Å². The lowest BCUT2D eigenvalue weighted by atomic mass is 10.0. The van der Waals surface area contributed by atoms with Crippen molar-refractivity contribution in [2.45, 2.75) is 32.2 Å². The molecule has 0 saturated carbocycles. The van der Waals surface area contributed by atoms with Gasteiger partial charge in [-0.1, -0.05) is 6.07 Å². The Bertz CT molecular complexity index is 429. The first kappa shape index (κ1) is 15.5. The first-order valence-corrected chi connectivity index (χ1v) is 6.95.